The van der Waals surface area contributed by atoms with Gasteiger partial charge in [-0.15, -0.1) is 16.4 Å². The molecule has 0 bridgehead atoms. The number of thiazole rings is 1. The van der Waals surface area contributed by atoms with Crippen molar-refractivity contribution < 1.29 is 0 Å². The van der Waals surface area contributed by atoms with Crippen molar-refractivity contribution in [1.29, 1.82) is 0 Å². The third kappa shape index (κ3) is 2.84. The third-order valence-electron chi connectivity index (χ3n) is 2.14. The minimum Gasteiger partial charge on any atom is -0.308 e. The van der Waals surface area contributed by atoms with Crippen LogP contribution in [0.3, 0.4) is 0 Å². The fourth-order valence-electron chi connectivity index (χ4n) is 1.29. The van der Waals surface area contributed by atoms with Crippen LogP contribution in [0.2, 0.25) is 0 Å². The van der Waals surface area contributed by atoms with E-state index in [2.05, 4.69) is 27.5 Å². The van der Waals surface area contributed by atoms with E-state index in [0.717, 1.165) is 13.1 Å². The molecule has 0 amide bonds. The summed E-state index contributed by atoms with van der Waals surface area (Å²) < 4.78 is 1.81. The maximum absolute atomic E-state index is 4.05. The highest BCUT2D eigenvalue weighted by molar-refractivity contribution is 7.09. The van der Waals surface area contributed by atoms with E-state index in [0.29, 0.717) is 6.04 Å². The summed E-state index contributed by atoms with van der Waals surface area (Å²) in [4.78, 5) is 5.31. The second-order valence-corrected chi connectivity index (χ2v) is 4.16. The summed E-state index contributed by atoms with van der Waals surface area (Å²) in [5.41, 5.74) is 1.85. The van der Waals surface area contributed by atoms with Gasteiger partial charge in [0.2, 0.25) is 0 Å². The van der Waals surface area contributed by atoms with E-state index >= 15 is 0 Å². The van der Waals surface area contributed by atoms with Gasteiger partial charge in [0.25, 0.3) is 0 Å². The summed E-state index contributed by atoms with van der Waals surface area (Å²) in [5, 5.41) is 11.0. The van der Waals surface area contributed by atoms with Crippen molar-refractivity contribution >= 4 is 11.3 Å². The molecule has 0 aliphatic rings. The van der Waals surface area contributed by atoms with E-state index in [4.69, 9.17) is 0 Å². The minimum atomic E-state index is 0.348. The molecule has 1 unspecified atom stereocenters. The van der Waals surface area contributed by atoms with Gasteiger partial charge in [-0.3, -0.25) is 9.67 Å². The highest BCUT2D eigenvalue weighted by Crippen LogP contribution is 2.15. The SMILES string of the molecule is CC(NCCn1ccnn1)c1cncs1. The van der Waals surface area contributed by atoms with Crippen LogP contribution < -0.4 is 5.32 Å². The van der Waals surface area contributed by atoms with Crippen molar-refractivity contribution in [1.82, 2.24) is 25.3 Å². The normalized spacial score (nSPS) is 12.9. The molecule has 0 aliphatic heterocycles. The first-order valence-corrected chi connectivity index (χ1v) is 5.70. The molecule has 0 saturated heterocycles. The highest BCUT2D eigenvalue weighted by Gasteiger charge is 2.05. The van der Waals surface area contributed by atoms with Gasteiger partial charge in [0.05, 0.1) is 18.3 Å². The van der Waals surface area contributed by atoms with Gasteiger partial charge < -0.3 is 5.32 Å². The van der Waals surface area contributed by atoms with Crippen molar-refractivity contribution in [3.63, 3.8) is 0 Å². The number of hydrogen-bond acceptors (Lipinski definition) is 5. The molecule has 0 fully saturated rings. The smallest absolute Gasteiger partial charge is 0.0794 e. The van der Waals surface area contributed by atoms with Gasteiger partial charge in [-0.25, -0.2) is 0 Å². The predicted octanol–water partition coefficient (Wildman–Crippen LogP) is 1.09. The zero-order valence-electron chi connectivity index (χ0n) is 8.50. The van der Waals surface area contributed by atoms with Crippen LogP contribution in [0.25, 0.3) is 0 Å². The zero-order chi connectivity index (χ0) is 10.5. The molecule has 6 heteroatoms. The molecule has 1 atom stereocenters. The van der Waals surface area contributed by atoms with Crippen LogP contribution in [0.5, 0.6) is 0 Å². The lowest BCUT2D eigenvalue weighted by atomic mass is 10.3. The Bertz CT molecular complexity index is 369. The first kappa shape index (κ1) is 10.3. The molecular weight excluding hydrogens is 210 g/mol. The summed E-state index contributed by atoms with van der Waals surface area (Å²) in [5.74, 6) is 0. The summed E-state index contributed by atoms with van der Waals surface area (Å²) in [6.45, 7) is 3.85. The first-order chi connectivity index (χ1) is 7.36. The third-order valence-corrected chi connectivity index (χ3v) is 3.10. The molecule has 2 rings (SSSR count). The monoisotopic (exact) mass is 223 g/mol. The van der Waals surface area contributed by atoms with Crippen molar-refractivity contribution in [2.45, 2.75) is 19.5 Å². The number of nitrogens with zero attached hydrogens (tertiary/aromatic N) is 4. The van der Waals surface area contributed by atoms with Crippen LogP contribution in [0.15, 0.2) is 24.1 Å². The second-order valence-electron chi connectivity index (χ2n) is 3.25. The zero-order valence-corrected chi connectivity index (χ0v) is 9.31. The minimum absolute atomic E-state index is 0.348. The van der Waals surface area contributed by atoms with Gasteiger partial charge in [0, 0.05) is 29.9 Å². The maximum atomic E-state index is 4.05. The van der Waals surface area contributed by atoms with Crippen LogP contribution in [0.1, 0.15) is 17.8 Å². The second kappa shape index (κ2) is 4.99. The van der Waals surface area contributed by atoms with Crippen LogP contribution in [0.4, 0.5) is 0 Å². The van der Waals surface area contributed by atoms with Gasteiger partial charge in [0.15, 0.2) is 0 Å². The Hall–Kier alpha value is -1.27. The lowest BCUT2D eigenvalue weighted by Crippen LogP contribution is -2.23. The Labute approximate surface area is 92.2 Å². The lowest BCUT2D eigenvalue weighted by Gasteiger charge is -2.10. The Morgan fingerprint density at radius 1 is 1.60 bits per heavy atom. The summed E-state index contributed by atoms with van der Waals surface area (Å²) >= 11 is 1.67. The van der Waals surface area contributed by atoms with Crippen LogP contribution in [-0.2, 0) is 6.54 Å². The number of nitrogens with one attached hydrogen (secondary N) is 1. The van der Waals surface area contributed by atoms with Crippen LogP contribution in [0, 0.1) is 0 Å². The van der Waals surface area contributed by atoms with E-state index in [1.54, 1.807) is 17.5 Å². The molecule has 0 spiro atoms. The summed E-state index contributed by atoms with van der Waals surface area (Å²) in [6, 6.07) is 0.348. The van der Waals surface area contributed by atoms with Crippen molar-refractivity contribution in [2.24, 2.45) is 0 Å². The van der Waals surface area contributed by atoms with Gasteiger partial charge in [-0.2, -0.15) is 0 Å². The van der Waals surface area contributed by atoms with E-state index in [1.165, 1.54) is 4.88 Å². The predicted molar refractivity (Wildman–Crippen MR) is 58.6 cm³/mol. The molecule has 15 heavy (non-hydrogen) atoms. The number of hydrogen-bond donors (Lipinski definition) is 1. The summed E-state index contributed by atoms with van der Waals surface area (Å²) in [6.07, 6.45) is 5.45. The van der Waals surface area contributed by atoms with Gasteiger partial charge in [-0.05, 0) is 6.92 Å². The average Bonchev–Trinajstić information content (AvgIpc) is 2.90. The highest BCUT2D eigenvalue weighted by atomic mass is 32.1. The molecular formula is C9H13N5S. The van der Waals surface area contributed by atoms with E-state index in [9.17, 15) is 0 Å². The Balaban J connectivity index is 1.74. The molecule has 0 aromatic carbocycles. The lowest BCUT2D eigenvalue weighted by molar-refractivity contribution is 0.502. The molecule has 2 aromatic rings. The van der Waals surface area contributed by atoms with E-state index in [-0.39, 0.29) is 0 Å². The molecule has 80 valence electrons. The fraction of sp³-hybridized carbons (Fsp3) is 0.444. The Morgan fingerprint density at radius 3 is 3.20 bits per heavy atom. The largest absolute Gasteiger partial charge is 0.308 e. The molecule has 2 heterocycles. The van der Waals surface area contributed by atoms with Gasteiger partial charge in [0.1, 0.15) is 0 Å². The van der Waals surface area contributed by atoms with Crippen LogP contribution >= 0.6 is 11.3 Å². The number of rotatable bonds is 5. The first-order valence-electron chi connectivity index (χ1n) is 4.82. The van der Waals surface area contributed by atoms with Crippen molar-refractivity contribution in [2.75, 3.05) is 6.54 Å². The van der Waals surface area contributed by atoms with Gasteiger partial charge >= 0.3 is 0 Å². The van der Waals surface area contributed by atoms with E-state index in [1.807, 2.05) is 22.6 Å². The quantitative estimate of drug-likeness (QED) is 0.824. The van der Waals surface area contributed by atoms with Crippen LogP contribution in [-0.4, -0.2) is 26.5 Å². The molecule has 0 radical (unpaired) electrons. The molecule has 5 nitrogen and oxygen atoms in total. The fourth-order valence-corrected chi connectivity index (χ4v) is 1.94. The topological polar surface area (TPSA) is 55.6 Å². The maximum Gasteiger partial charge on any atom is 0.0794 e. The average molecular weight is 223 g/mol. The van der Waals surface area contributed by atoms with Crippen molar-refractivity contribution in [3.8, 4) is 0 Å². The van der Waals surface area contributed by atoms with E-state index < -0.39 is 0 Å². The molecule has 0 saturated carbocycles. The van der Waals surface area contributed by atoms with Gasteiger partial charge in [-0.1, -0.05) is 5.21 Å². The standard InChI is InChI=1S/C9H13N5S/c1-8(9-6-10-7-15-9)11-2-4-14-5-3-12-13-14/h3,5-8,11H,2,4H2,1H3. The van der Waals surface area contributed by atoms with Crippen molar-refractivity contribution in [3.05, 3.63) is 29.0 Å². The molecule has 0 aliphatic carbocycles. The molecule has 1 N–H and O–H groups in total. The summed E-state index contributed by atoms with van der Waals surface area (Å²) in [7, 11) is 0. The number of aromatic nitrogens is 4. The Morgan fingerprint density at radius 2 is 2.53 bits per heavy atom. The molecule has 2 aromatic heterocycles. The Kier molecular flexibility index (Phi) is 3.41.